The van der Waals surface area contributed by atoms with E-state index in [0.717, 1.165) is 79.2 Å². The molecule has 5 nitrogen and oxygen atoms in total. The average Bonchev–Trinajstić information content (AvgIpc) is 3.53. The molecule has 1 N–H and O–H groups in total. The highest BCUT2D eigenvalue weighted by Crippen LogP contribution is 2.29. The van der Waals surface area contributed by atoms with Gasteiger partial charge < -0.3 is 5.32 Å². The van der Waals surface area contributed by atoms with Crippen LogP contribution in [-0.4, -0.2) is 28.7 Å². The van der Waals surface area contributed by atoms with Gasteiger partial charge in [-0.25, -0.2) is 0 Å². The monoisotopic (exact) mass is 534 g/mol. The summed E-state index contributed by atoms with van der Waals surface area (Å²) in [7, 11) is 0. The molecule has 1 aliphatic carbocycles. The highest BCUT2D eigenvalue weighted by atomic mass is 35.5. The molecule has 0 atom stereocenters. The van der Waals surface area contributed by atoms with Crippen LogP contribution >= 0.6 is 11.6 Å². The highest BCUT2D eigenvalue weighted by Gasteiger charge is 2.23. The predicted molar refractivity (Wildman–Crippen MR) is 154 cm³/mol. The Balaban J connectivity index is 1.29. The van der Waals surface area contributed by atoms with Crippen molar-refractivity contribution in [1.29, 1.82) is 0 Å². The third-order valence-electron chi connectivity index (χ3n) is 7.82. The Morgan fingerprint density at radius 1 is 0.921 bits per heavy atom. The number of rotatable bonds is 12. The Morgan fingerprint density at radius 2 is 1.61 bits per heavy atom. The molecule has 1 aliphatic rings. The second kappa shape index (κ2) is 13.2. The number of Topliss-reactive ketones (excluding diaryl/α,β-unsaturated/α-hetero) is 1. The molecule has 1 heterocycles. The van der Waals surface area contributed by atoms with Crippen molar-refractivity contribution in [2.75, 3.05) is 6.54 Å². The number of hydrogen-bond acceptors (Lipinski definition) is 3. The van der Waals surface area contributed by atoms with Gasteiger partial charge in [0.05, 0.1) is 5.52 Å². The fourth-order valence-electron chi connectivity index (χ4n) is 5.61. The van der Waals surface area contributed by atoms with Crippen molar-refractivity contribution in [3.63, 3.8) is 0 Å². The van der Waals surface area contributed by atoms with Gasteiger partial charge in [0, 0.05) is 47.0 Å². The van der Waals surface area contributed by atoms with Crippen molar-refractivity contribution in [1.82, 2.24) is 9.88 Å². The minimum Gasteiger partial charge on any atom is -0.356 e. The van der Waals surface area contributed by atoms with Gasteiger partial charge in [0.1, 0.15) is 5.78 Å². The molecule has 202 valence electrons. The van der Waals surface area contributed by atoms with Crippen LogP contribution in [0.25, 0.3) is 10.9 Å². The van der Waals surface area contributed by atoms with Crippen molar-refractivity contribution < 1.29 is 14.4 Å². The zero-order valence-corrected chi connectivity index (χ0v) is 23.4. The average molecular weight is 535 g/mol. The number of aryl methyl sites for hydroxylation is 1. The van der Waals surface area contributed by atoms with Crippen LogP contribution in [0.1, 0.15) is 91.4 Å². The van der Waals surface area contributed by atoms with Crippen LogP contribution < -0.4 is 5.32 Å². The first kappa shape index (κ1) is 28.1. The van der Waals surface area contributed by atoms with Gasteiger partial charge in [-0.15, -0.1) is 0 Å². The maximum absolute atomic E-state index is 13.4. The van der Waals surface area contributed by atoms with Crippen LogP contribution in [0, 0.1) is 19.8 Å². The lowest BCUT2D eigenvalue weighted by Crippen LogP contribution is -2.30. The Hall–Kier alpha value is -2.92. The molecule has 0 saturated heterocycles. The summed E-state index contributed by atoms with van der Waals surface area (Å²) in [6.07, 6.45) is 10.3. The summed E-state index contributed by atoms with van der Waals surface area (Å²) in [6, 6.07) is 12.9. The zero-order chi connectivity index (χ0) is 27.1. The van der Waals surface area contributed by atoms with Gasteiger partial charge in [-0.3, -0.25) is 19.0 Å². The highest BCUT2D eigenvalue weighted by molar-refractivity contribution is 6.30. The number of nitrogens with zero attached hydrogens (tertiary/aromatic N) is 1. The first-order valence-electron chi connectivity index (χ1n) is 14.1. The normalized spacial score (nSPS) is 13.8. The summed E-state index contributed by atoms with van der Waals surface area (Å²) in [6.45, 7) is 4.71. The number of aromatic nitrogens is 1. The van der Waals surface area contributed by atoms with E-state index < -0.39 is 0 Å². The van der Waals surface area contributed by atoms with Crippen LogP contribution in [0.4, 0.5) is 0 Å². The SMILES string of the molecule is Cc1ccc2c(c1)c(CC(=O)CCCCCCCNC(=O)C1CCCC1)c(C)n2C(=O)c1ccc(Cl)cc1. The number of carbonyl (C=O) groups excluding carboxylic acids is 3. The molecule has 3 aromatic rings. The van der Waals surface area contributed by atoms with E-state index in [0.29, 0.717) is 23.4 Å². The third-order valence-corrected chi connectivity index (χ3v) is 8.07. The molecule has 0 spiro atoms. The molecule has 0 unspecified atom stereocenters. The molecule has 0 bridgehead atoms. The van der Waals surface area contributed by atoms with Gasteiger partial charge in [0.2, 0.25) is 5.91 Å². The first-order valence-corrected chi connectivity index (χ1v) is 14.4. The lowest BCUT2D eigenvalue weighted by Gasteiger charge is -2.10. The molecule has 1 saturated carbocycles. The predicted octanol–water partition coefficient (Wildman–Crippen LogP) is 7.36. The number of halogens is 1. The van der Waals surface area contributed by atoms with Crippen LogP contribution in [0.15, 0.2) is 42.5 Å². The van der Waals surface area contributed by atoms with Gasteiger partial charge in [-0.2, -0.15) is 0 Å². The van der Waals surface area contributed by atoms with Crippen molar-refractivity contribution in [3.8, 4) is 0 Å². The topological polar surface area (TPSA) is 68.2 Å². The fraction of sp³-hybridized carbons (Fsp3) is 0.469. The van der Waals surface area contributed by atoms with Crippen molar-refractivity contribution in [2.45, 2.75) is 84.5 Å². The van der Waals surface area contributed by atoms with E-state index in [9.17, 15) is 14.4 Å². The minimum atomic E-state index is -0.119. The number of ketones is 1. The largest absolute Gasteiger partial charge is 0.356 e. The smallest absolute Gasteiger partial charge is 0.262 e. The second-order valence-electron chi connectivity index (χ2n) is 10.7. The van der Waals surface area contributed by atoms with Crippen LogP contribution in [0.3, 0.4) is 0 Å². The Kier molecular flexibility index (Phi) is 9.79. The van der Waals surface area contributed by atoms with Crippen LogP contribution in [0.5, 0.6) is 0 Å². The molecule has 1 fully saturated rings. The summed E-state index contributed by atoms with van der Waals surface area (Å²) in [5, 5.41) is 4.64. The summed E-state index contributed by atoms with van der Waals surface area (Å²) in [4.78, 5) is 38.5. The molecule has 1 amide bonds. The Morgan fingerprint density at radius 3 is 2.34 bits per heavy atom. The number of nitrogens with one attached hydrogen (secondary N) is 1. The standard InChI is InChI=1S/C32H39ClN2O3/c1-22-13-18-30-29(20-22)28(23(2)35(30)32(38)25-14-16-26(33)17-15-25)21-27(36)12-6-4-3-5-9-19-34-31(37)24-10-7-8-11-24/h13-18,20,24H,3-12,19,21H2,1-2H3,(H,34,37). The number of unbranched alkanes of at least 4 members (excludes halogenated alkanes) is 4. The summed E-state index contributed by atoms with van der Waals surface area (Å²) in [5.41, 5.74) is 4.25. The maximum Gasteiger partial charge on any atom is 0.262 e. The minimum absolute atomic E-state index is 0.119. The number of fused-ring (bicyclic) bond motifs is 1. The van der Waals surface area contributed by atoms with Gasteiger partial charge in [0.25, 0.3) is 5.91 Å². The molecule has 0 aliphatic heterocycles. The van der Waals surface area contributed by atoms with E-state index in [1.54, 1.807) is 28.8 Å². The van der Waals surface area contributed by atoms with Crippen molar-refractivity contribution >= 4 is 40.1 Å². The second-order valence-corrected chi connectivity index (χ2v) is 11.2. The van der Waals surface area contributed by atoms with Gasteiger partial charge >= 0.3 is 0 Å². The molecular weight excluding hydrogens is 496 g/mol. The van der Waals surface area contributed by atoms with Crippen molar-refractivity contribution in [3.05, 3.63) is 69.9 Å². The number of hydrogen-bond donors (Lipinski definition) is 1. The zero-order valence-electron chi connectivity index (χ0n) is 22.7. The van der Waals surface area contributed by atoms with E-state index in [4.69, 9.17) is 11.6 Å². The summed E-state index contributed by atoms with van der Waals surface area (Å²) < 4.78 is 1.73. The van der Waals surface area contributed by atoms with E-state index >= 15 is 0 Å². The Bertz CT molecular complexity index is 1290. The molecule has 38 heavy (non-hydrogen) atoms. The van der Waals surface area contributed by atoms with E-state index in [1.807, 2.05) is 26.0 Å². The first-order chi connectivity index (χ1) is 18.3. The van der Waals surface area contributed by atoms with E-state index in [2.05, 4.69) is 11.4 Å². The number of carbonyl (C=O) groups is 3. The van der Waals surface area contributed by atoms with Crippen LogP contribution in [0.2, 0.25) is 5.02 Å². The summed E-state index contributed by atoms with van der Waals surface area (Å²) in [5.74, 6) is 0.551. The molecule has 0 radical (unpaired) electrons. The van der Waals surface area contributed by atoms with Crippen molar-refractivity contribution in [2.24, 2.45) is 5.92 Å². The van der Waals surface area contributed by atoms with Gasteiger partial charge in [-0.1, -0.05) is 55.3 Å². The van der Waals surface area contributed by atoms with E-state index in [-0.39, 0.29) is 23.5 Å². The number of benzene rings is 2. The fourth-order valence-corrected chi connectivity index (χ4v) is 5.74. The lowest BCUT2D eigenvalue weighted by molar-refractivity contribution is -0.124. The van der Waals surface area contributed by atoms with Crippen LogP contribution in [-0.2, 0) is 16.0 Å². The molecule has 1 aromatic heterocycles. The quantitative estimate of drug-likeness (QED) is 0.247. The van der Waals surface area contributed by atoms with Gasteiger partial charge in [-0.05, 0) is 81.5 Å². The number of amides is 1. The molecule has 6 heteroatoms. The van der Waals surface area contributed by atoms with E-state index in [1.165, 1.54) is 12.8 Å². The summed E-state index contributed by atoms with van der Waals surface area (Å²) >= 11 is 6.01. The maximum atomic E-state index is 13.4. The lowest BCUT2D eigenvalue weighted by atomic mass is 10.0. The molecule has 2 aromatic carbocycles. The third kappa shape index (κ3) is 6.93. The molecular formula is C32H39ClN2O3. The van der Waals surface area contributed by atoms with Gasteiger partial charge in [0.15, 0.2) is 0 Å². The molecule has 4 rings (SSSR count). The Labute approximate surface area is 230 Å².